The number of para-hydroxylation sites is 1. The molecule has 0 radical (unpaired) electrons. The molecule has 1 amide bonds. The van der Waals surface area contributed by atoms with Gasteiger partial charge >= 0.3 is 0 Å². The van der Waals surface area contributed by atoms with Gasteiger partial charge in [-0.15, -0.1) is 0 Å². The molecule has 5 heteroatoms. The van der Waals surface area contributed by atoms with Crippen LogP contribution in [0.3, 0.4) is 0 Å². The summed E-state index contributed by atoms with van der Waals surface area (Å²) in [7, 11) is 1.93. The maximum absolute atomic E-state index is 13.0. The highest BCUT2D eigenvalue weighted by Gasteiger charge is 2.16. The number of nitrogens with one attached hydrogen (secondary N) is 1. The number of amides is 1. The quantitative estimate of drug-likeness (QED) is 0.366. The Kier molecular flexibility index (Phi) is 5.42. The lowest BCUT2D eigenvalue weighted by Gasteiger charge is -2.19. The normalized spacial score (nSPS) is 11.9. The highest BCUT2D eigenvalue weighted by atomic mass is 16.2. The molecule has 0 aliphatic heterocycles. The van der Waals surface area contributed by atoms with Gasteiger partial charge in [0.05, 0.1) is 28.7 Å². The lowest BCUT2D eigenvalue weighted by atomic mass is 9.86. The lowest BCUT2D eigenvalue weighted by Crippen LogP contribution is -2.18. The maximum Gasteiger partial charge on any atom is 0.272 e. The van der Waals surface area contributed by atoms with Crippen molar-refractivity contribution in [2.24, 2.45) is 12.1 Å². The molecule has 5 nitrogen and oxygen atoms in total. The molecule has 0 bridgehead atoms. The van der Waals surface area contributed by atoms with Crippen molar-refractivity contribution in [1.82, 2.24) is 15.0 Å². The van der Waals surface area contributed by atoms with Crippen LogP contribution in [-0.2, 0) is 12.5 Å². The van der Waals surface area contributed by atoms with E-state index in [0.29, 0.717) is 5.56 Å². The molecular weight excluding hydrogens is 384 g/mol. The van der Waals surface area contributed by atoms with Crippen LogP contribution in [-0.4, -0.2) is 21.7 Å². The van der Waals surface area contributed by atoms with Gasteiger partial charge in [0.2, 0.25) is 0 Å². The predicted octanol–water partition coefficient (Wildman–Crippen LogP) is 5.30. The van der Waals surface area contributed by atoms with Crippen LogP contribution in [0.4, 0.5) is 0 Å². The van der Waals surface area contributed by atoms with Crippen molar-refractivity contribution in [2.45, 2.75) is 26.2 Å². The Bertz CT molecular complexity index is 1260. The van der Waals surface area contributed by atoms with Gasteiger partial charge < -0.3 is 4.57 Å². The van der Waals surface area contributed by atoms with Gasteiger partial charge in [-0.25, -0.2) is 10.4 Å². The van der Waals surface area contributed by atoms with Gasteiger partial charge in [0.15, 0.2) is 0 Å². The summed E-state index contributed by atoms with van der Waals surface area (Å²) in [6.45, 7) is 6.57. The zero-order valence-corrected chi connectivity index (χ0v) is 18.3. The third-order valence-corrected chi connectivity index (χ3v) is 5.35. The molecule has 2 aromatic heterocycles. The molecule has 0 aliphatic carbocycles. The minimum atomic E-state index is -0.267. The Morgan fingerprint density at radius 3 is 2.45 bits per heavy atom. The summed E-state index contributed by atoms with van der Waals surface area (Å²) in [4.78, 5) is 17.8. The average molecular weight is 411 g/mol. The highest BCUT2D eigenvalue weighted by Crippen LogP contribution is 2.28. The fourth-order valence-corrected chi connectivity index (χ4v) is 3.48. The van der Waals surface area contributed by atoms with E-state index in [1.54, 1.807) is 6.21 Å². The number of hydrogen-bond donors (Lipinski definition) is 1. The SMILES string of the molecule is Cn1cccc1/C=N/NC(=O)c1cc(-c2ccc(C(C)(C)C)cc2)nc2ccccc12. The molecule has 1 N–H and O–H groups in total. The van der Waals surface area contributed by atoms with Crippen LogP contribution in [0.25, 0.3) is 22.2 Å². The number of aryl methyl sites for hydroxylation is 1. The topological polar surface area (TPSA) is 59.3 Å². The van der Waals surface area contributed by atoms with E-state index < -0.39 is 0 Å². The number of aromatic nitrogens is 2. The number of carbonyl (C=O) groups is 1. The number of fused-ring (bicyclic) bond motifs is 1. The Labute approximate surface area is 182 Å². The molecule has 2 heterocycles. The number of carbonyl (C=O) groups excluding carboxylic acids is 1. The Balaban J connectivity index is 1.69. The summed E-state index contributed by atoms with van der Waals surface area (Å²) in [6.07, 6.45) is 3.56. The van der Waals surface area contributed by atoms with Gasteiger partial charge in [-0.2, -0.15) is 5.10 Å². The molecule has 0 saturated carbocycles. The largest absolute Gasteiger partial charge is 0.350 e. The van der Waals surface area contributed by atoms with Crippen molar-refractivity contribution >= 4 is 23.0 Å². The van der Waals surface area contributed by atoms with Crippen LogP contribution in [0.15, 0.2) is 78.0 Å². The van der Waals surface area contributed by atoms with Gasteiger partial charge in [-0.05, 0) is 35.2 Å². The van der Waals surface area contributed by atoms with E-state index in [4.69, 9.17) is 4.98 Å². The van der Waals surface area contributed by atoms with Crippen LogP contribution < -0.4 is 5.43 Å². The molecule has 4 rings (SSSR count). The third kappa shape index (κ3) is 4.40. The number of hydrogen-bond acceptors (Lipinski definition) is 3. The van der Waals surface area contributed by atoms with Crippen molar-refractivity contribution in [1.29, 1.82) is 0 Å². The average Bonchev–Trinajstić information content (AvgIpc) is 3.17. The molecule has 0 atom stereocenters. The number of rotatable bonds is 4. The first-order chi connectivity index (χ1) is 14.8. The van der Waals surface area contributed by atoms with E-state index in [-0.39, 0.29) is 11.3 Å². The highest BCUT2D eigenvalue weighted by molar-refractivity contribution is 6.07. The van der Waals surface area contributed by atoms with Gasteiger partial charge in [0, 0.05) is 24.2 Å². The molecular formula is C26H26N4O. The van der Waals surface area contributed by atoms with E-state index in [0.717, 1.165) is 27.9 Å². The molecule has 4 aromatic rings. The molecule has 0 fully saturated rings. The van der Waals surface area contributed by atoms with Crippen molar-refractivity contribution in [3.63, 3.8) is 0 Å². The first-order valence-corrected chi connectivity index (χ1v) is 10.3. The van der Waals surface area contributed by atoms with Crippen molar-refractivity contribution in [3.8, 4) is 11.3 Å². The first kappa shape index (κ1) is 20.5. The summed E-state index contributed by atoms with van der Waals surface area (Å²) in [5.41, 5.74) is 7.94. The molecule has 0 aliphatic rings. The number of benzene rings is 2. The van der Waals surface area contributed by atoms with Crippen LogP contribution in [0.2, 0.25) is 0 Å². The van der Waals surface area contributed by atoms with Crippen molar-refractivity contribution in [3.05, 3.63) is 89.7 Å². The summed E-state index contributed by atoms with van der Waals surface area (Å²) in [5.74, 6) is -0.267. The summed E-state index contributed by atoms with van der Waals surface area (Å²) >= 11 is 0. The summed E-state index contributed by atoms with van der Waals surface area (Å²) in [5, 5.41) is 4.93. The maximum atomic E-state index is 13.0. The minimum absolute atomic E-state index is 0.0801. The number of pyridine rings is 1. The van der Waals surface area contributed by atoms with Crippen LogP contribution in [0.5, 0.6) is 0 Å². The second-order valence-electron chi connectivity index (χ2n) is 8.64. The van der Waals surface area contributed by atoms with Gasteiger partial charge in [-0.3, -0.25) is 4.79 Å². The molecule has 156 valence electrons. The second-order valence-corrected chi connectivity index (χ2v) is 8.64. The summed E-state index contributed by atoms with van der Waals surface area (Å²) in [6, 6.07) is 21.7. The van der Waals surface area contributed by atoms with E-state index in [2.05, 4.69) is 55.6 Å². The van der Waals surface area contributed by atoms with E-state index >= 15 is 0 Å². The Hall–Kier alpha value is -3.73. The zero-order chi connectivity index (χ0) is 22.0. The number of hydrazone groups is 1. The monoisotopic (exact) mass is 410 g/mol. The van der Waals surface area contributed by atoms with Crippen molar-refractivity contribution < 1.29 is 4.79 Å². The molecule has 31 heavy (non-hydrogen) atoms. The van der Waals surface area contributed by atoms with Crippen LogP contribution in [0, 0.1) is 0 Å². The van der Waals surface area contributed by atoms with E-state index in [1.807, 2.05) is 60.3 Å². The van der Waals surface area contributed by atoms with E-state index in [1.165, 1.54) is 5.56 Å². The van der Waals surface area contributed by atoms with Gasteiger partial charge in [-0.1, -0.05) is 63.2 Å². The molecule has 2 aromatic carbocycles. The van der Waals surface area contributed by atoms with Gasteiger partial charge in [0.1, 0.15) is 0 Å². The standard InChI is InChI=1S/C26H26N4O/c1-26(2,3)19-13-11-18(12-14-19)24-16-22(21-9-5-6-10-23(21)28-24)25(31)29-27-17-20-8-7-15-30(20)4/h5-17H,1-4H3,(H,29,31)/b27-17+. The third-order valence-electron chi connectivity index (χ3n) is 5.35. The molecule has 0 unspecified atom stereocenters. The number of nitrogens with zero attached hydrogens (tertiary/aromatic N) is 3. The lowest BCUT2D eigenvalue weighted by molar-refractivity contribution is 0.0956. The molecule has 0 saturated heterocycles. The fraction of sp³-hybridized carbons (Fsp3) is 0.192. The predicted molar refractivity (Wildman–Crippen MR) is 126 cm³/mol. The van der Waals surface area contributed by atoms with Crippen molar-refractivity contribution in [2.75, 3.05) is 0 Å². The van der Waals surface area contributed by atoms with Crippen LogP contribution in [0.1, 0.15) is 42.4 Å². The van der Waals surface area contributed by atoms with Crippen LogP contribution >= 0.6 is 0 Å². The smallest absolute Gasteiger partial charge is 0.272 e. The zero-order valence-electron chi connectivity index (χ0n) is 18.3. The summed E-state index contributed by atoms with van der Waals surface area (Å²) < 4.78 is 1.93. The van der Waals surface area contributed by atoms with E-state index in [9.17, 15) is 4.79 Å². The molecule has 0 spiro atoms. The van der Waals surface area contributed by atoms with Gasteiger partial charge in [0.25, 0.3) is 5.91 Å². The Morgan fingerprint density at radius 1 is 1.03 bits per heavy atom. The fourth-order valence-electron chi connectivity index (χ4n) is 3.48. The Morgan fingerprint density at radius 2 is 1.77 bits per heavy atom. The first-order valence-electron chi connectivity index (χ1n) is 10.3. The minimum Gasteiger partial charge on any atom is -0.350 e. The second kappa shape index (κ2) is 8.19.